The summed E-state index contributed by atoms with van der Waals surface area (Å²) in [5.74, 6) is 2.34. The standard InChI is InChI=1S/C29H34N2O3S/c1-20-14-21(2)16-24(15-20)34-19-26-25-18-28(33-4)27(32-3)17-23(25)11-13-31(26)29(35)30-12-10-22-8-6-5-7-9-22/h5-9,14-18,26H,10-13,19H2,1-4H3,(H,30,35)/t26-/m0/s1. The van der Waals surface area contributed by atoms with Gasteiger partial charge < -0.3 is 24.4 Å². The van der Waals surface area contributed by atoms with Gasteiger partial charge in [-0.05, 0) is 91.0 Å². The number of nitrogens with one attached hydrogen (secondary N) is 1. The van der Waals surface area contributed by atoms with Gasteiger partial charge in [0.05, 0.1) is 20.3 Å². The van der Waals surface area contributed by atoms with Gasteiger partial charge in [0.15, 0.2) is 16.6 Å². The maximum atomic E-state index is 6.35. The summed E-state index contributed by atoms with van der Waals surface area (Å²) in [6, 6.07) is 20.9. The minimum Gasteiger partial charge on any atom is -0.493 e. The van der Waals surface area contributed by atoms with Crippen molar-refractivity contribution in [1.82, 2.24) is 10.2 Å². The molecule has 4 rings (SSSR count). The van der Waals surface area contributed by atoms with E-state index in [1.54, 1.807) is 14.2 Å². The van der Waals surface area contributed by atoms with E-state index in [2.05, 4.69) is 78.7 Å². The highest BCUT2D eigenvalue weighted by Gasteiger charge is 2.31. The van der Waals surface area contributed by atoms with Crippen LogP contribution in [0.2, 0.25) is 0 Å². The molecule has 1 aliphatic heterocycles. The summed E-state index contributed by atoms with van der Waals surface area (Å²) in [4.78, 5) is 2.25. The van der Waals surface area contributed by atoms with E-state index in [1.165, 1.54) is 22.3 Å². The van der Waals surface area contributed by atoms with E-state index >= 15 is 0 Å². The van der Waals surface area contributed by atoms with Crippen LogP contribution < -0.4 is 19.5 Å². The van der Waals surface area contributed by atoms with Gasteiger partial charge in [-0.15, -0.1) is 0 Å². The molecule has 0 amide bonds. The van der Waals surface area contributed by atoms with Crippen LogP contribution in [-0.2, 0) is 12.8 Å². The SMILES string of the molecule is COc1cc2c(cc1OC)[C@H](COc1cc(C)cc(C)c1)N(C(=S)NCCc1ccccc1)CC2. The van der Waals surface area contributed by atoms with Gasteiger partial charge in [-0.2, -0.15) is 0 Å². The first-order valence-electron chi connectivity index (χ1n) is 12.0. The van der Waals surface area contributed by atoms with Gasteiger partial charge in [-0.1, -0.05) is 36.4 Å². The molecule has 0 aliphatic carbocycles. The lowest BCUT2D eigenvalue weighted by molar-refractivity contribution is 0.187. The minimum atomic E-state index is -0.0453. The highest BCUT2D eigenvalue weighted by Crippen LogP contribution is 2.38. The van der Waals surface area contributed by atoms with Crippen molar-refractivity contribution in [3.63, 3.8) is 0 Å². The molecular formula is C29H34N2O3S. The number of nitrogens with zero attached hydrogens (tertiary/aromatic N) is 1. The molecule has 0 bridgehead atoms. The molecule has 3 aromatic carbocycles. The van der Waals surface area contributed by atoms with Crippen LogP contribution in [0, 0.1) is 13.8 Å². The van der Waals surface area contributed by atoms with Crippen LogP contribution in [0.5, 0.6) is 17.2 Å². The maximum absolute atomic E-state index is 6.35. The number of benzene rings is 3. The summed E-state index contributed by atoms with van der Waals surface area (Å²) >= 11 is 5.88. The molecule has 1 atom stereocenters. The summed E-state index contributed by atoms with van der Waals surface area (Å²) in [6.45, 7) is 6.24. The van der Waals surface area contributed by atoms with Crippen molar-refractivity contribution in [1.29, 1.82) is 0 Å². The van der Waals surface area contributed by atoms with Crippen molar-refractivity contribution in [2.24, 2.45) is 0 Å². The van der Waals surface area contributed by atoms with Crippen LogP contribution in [0.15, 0.2) is 60.7 Å². The van der Waals surface area contributed by atoms with Crippen LogP contribution in [-0.4, -0.2) is 43.9 Å². The number of hydrogen-bond donors (Lipinski definition) is 1. The Labute approximate surface area is 214 Å². The fourth-order valence-corrected chi connectivity index (χ4v) is 5.02. The molecule has 0 spiro atoms. The summed E-state index contributed by atoms with van der Waals surface area (Å²) in [5.41, 5.74) is 6.06. The van der Waals surface area contributed by atoms with Gasteiger partial charge in [-0.3, -0.25) is 0 Å². The second-order valence-electron chi connectivity index (χ2n) is 8.97. The zero-order valence-electron chi connectivity index (χ0n) is 21.0. The molecule has 184 valence electrons. The Balaban J connectivity index is 1.56. The predicted octanol–water partition coefficient (Wildman–Crippen LogP) is 5.42. The lowest BCUT2D eigenvalue weighted by Gasteiger charge is -2.39. The molecule has 0 unspecified atom stereocenters. The number of methoxy groups -OCH3 is 2. The minimum absolute atomic E-state index is 0.0453. The topological polar surface area (TPSA) is 43.0 Å². The van der Waals surface area contributed by atoms with Crippen molar-refractivity contribution in [2.45, 2.75) is 32.7 Å². The molecule has 3 aromatic rings. The largest absolute Gasteiger partial charge is 0.493 e. The first-order chi connectivity index (χ1) is 17.0. The third kappa shape index (κ3) is 6.06. The van der Waals surface area contributed by atoms with Crippen LogP contribution in [0.25, 0.3) is 0 Å². The van der Waals surface area contributed by atoms with E-state index in [0.29, 0.717) is 12.4 Å². The molecular weight excluding hydrogens is 456 g/mol. The third-order valence-electron chi connectivity index (χ3n) is 6.40. The number of thiocarbonyl (C=S) groups is 1. The lowest BCUT2D eigenvalue weighted by atomic mass is 9.92. The average Bonchev–Trinajstić information content (AvgIpc) is 2.86. The summed E-state index contributed by atoms with van der Waals surface area (Å²) in [5, 5.41) is 4.22. The summed E-state index contributed by atoms with van der Waals surface area (Å²) in [7, 11) is 3.34. The molecule has 1 heterocycles. The highest BCUT2D eigenvalue weighted by atomic mass is 32.1. The zero-order valence-corrected chi connectivity index (χ0v) is 21.8. The van der Waals surface area contributed by atoms with Crippen molar-refractivity contribution in [3.8, 4) is 17.2 Å². The van der Waals surface area contributed by atoms with Crippen molar-refractivity contribution in [3.05, 3.63) is 88.5 Å². The molecule has 1 N–H and O–H groups in total. The Bertz CT molecular complexity index is 1150. The molecule has 0 saturated heterocycles. The second kappa shape index (κ2) is 11.5. The van der Waals surface area contributed by atoms with Crippen LogP contribution in [0.4, 0.5) is 0 Å². The van der Waals surface area contributed by atoms with E-state index < -0.39 is 0 Å². The highest BCUT2D eigenvalue weighted by molar-refractivity contribution is 7.80. The van der Waals surface area contributed by atoms with Crippen molar-refractivity contribution < 1.29 is 14.2 Å². The number of aryl methyl sites for hydroxylation is 2. The Morgan fingerprint density at radius 2 is 1.66 bits per heavy atom. The molecule has 1 aliphatic rings. The maximum Gasteiger partial charge on any atom is 0.169 e. The van der Waals surface area contributed by atoms with E-state index in [-0.39, 0.29) is 6.04 Å². The smallest absolute Gasteiger partial charge is 0.169 e. The Kier molecular flexibility index (Phi) is 8.13. The molecule has 0 saturated carbocycles. The van der Waals surface area contributed by atoms with E-state index in [1.807, 2.05) is 6.07 Å². The third-order valence-corrected chi connectivity index (χ3v) is 6.78. The van der Waals surface area contributed by atoms with Gasteiger partial charge in [0, 0.05) is 13.1 Å². The van der Waals surface area contributed by atoms with Crippen LogP contribution in [0.3, 0.4) is 0 Å². The Morgan fingerprint density at radius 3 is 2.34 bits per heavy atom. The van der Waals surface area contributed by atoms with Crippen LogP contribution >= 0.6 is 12.2 Å². The molecule has 6 heteroatoms. The fraction of sp³-hybridized carbons (Fsp3) is 0.345. The second-order valence-corrected chi connectivity index (χ2v) is 9.35. The van der Waals surface area contributed by atoms with Gasteiger partial charge >= 0.3 is 0 Å². The molecule has 0 fully saturated rings. The van der Waals surface area contributed by atoms with Crippen molar-refractivity contribution in [2.75, 3.05) is 33.9 Å². The number of fused-ring (bicyclic) bond motifs is 1. The van der Waals surface area contributed by atoms with Gasteiger partial charge in [0.1, 0.15) is 12.4 Å². The monoisotopic (exact) mass is 490 g/mol. The first kappa shape index (κ1) is 24.9. The quantitative estimate of drug-likeness (QED) is 0.426. The van der Waals surface area contributed by atoms with Gasteiger partial charge in [0.25, 0.3) is 0 Å². The molecule has 0 aromatic heterocycles. The van der Waals surface area contributed by atoms with Gasteiger partial charge in [0.2, 0.25) is 0 Å². The number of ether oxygens (including phenoxy) is 3. The Morgan fingerprint density at radius 1 is 0.971 bits per heavy atom. The first-order valence-corrected chi connectivity index (χ1v) is 12.4. The van der Waals surface area contributed by atoms with E-state index in [9.17, 15) is 0 Å². The van der Waals surface area contributed by atoms with E-state index in [4.69, 9.17) is 26.4 Å². The summed E-state index contributed by atoms with van der Waals surface area (Å²) < 4.78 is 17.5. The summed E-state index contributed by atoms with van der Waals surface area (Å²) in [6.07, 6.45) is 1.79. The van der Waals surface area contributed by atoms with Gasteiger partial charge in [-0.25, -0.2) is 0 Å². The van der Waals surface area contributed by atoms with Crippen molar-refractivity contribution >= 4 is 17.3 Å². The van der Waals surface area contributed by atoms with E-state index in [0.717, 1.165) is 48.1 Å². The fourth-order valence-electron chi connectivity index (χ4n) is 4.70. The average molecular weight is 491 g/mol. The Hall–Kier alpha value is -3.25. The molecule has 35 heavy (non-hydrogen) atoms. The molecule has 0 radical (unpaired) electrons. The number of hydrogen-bond acceptors (Lipinski definition) is 4. The lowest BCUT2D eigenvalue weighted by Crippen LogP contribution is -2.47. The molecule has 5 nitrogen and oxygen atoms in total. The normalized spacial score (nSPS) is 14.7. The number of rotatable bonds is 8. The van der Waals surface area contributed by atoms with Crippen LogP contribution in [0.1, 0.15) is 33.9 Å². The zero-order chi connectivity index (χ0) is 24.8. The predicted molar refractivity (Wildman–Crippen MR) is 145 cm³/mol.